The SMILES string of the molecule is NC/C(=C/c1cccc(OC(F)(F)F)c1)C1CCCCC1. The summed E-state index contributed by atoms with van der Waals surface area (Å²) in [4.78, 5) is 0. The molecular weight excluding hydrogens is 279 g/mol. The van der Waals surface area contributed by atoms with Crippen LogP contribution in [0, 0.1) is 5.92 Å². The molecule has 0 unspecified atom stereocenters. The minimum Gasteiger partial charge on any atom is -0.406 e. The smallest absolute Gasteiger partial charge is 0.406 e. The quantitative estimate of drug-likeness (QED) is 0.888. The van der Waals surface area contributed by atoms with Crippen molar-refractivity contribution in [2.24, 2.45) is 11.7 Å². The lowest BCUT2D eigenvalue weighted by Crippen LogP contribution is -2.17. The highest BCUT2D eigenvalue weighted by Crippen LogP contribution is 2.31. The van der Waals surface area contributed by atoms with Crippen molar-refractivity contribution in [3.63, 3.8) is 0 Å². The Bertz CT molecular complexity index is 491. The Labute approximate surface area is 122 Å². The molecule has 0 radical (unpaired) electrons. The van der Waals surface area contributed by atoms with Crippen LogP contribution in [0.1, 0.15) is 37.7 Å². The van der Waals surface area contributed by atoms with E-state index in [2.05, 4.69) is 4.74 Å². The lowest BCUT2D eigenvalue weighted by atomic mass is 9.83. The molecule has 5 heteroatoms. The number of alkyl halides is 3. The fourth-order valence-corrected chi connectivity index (χ4v) is 2.83. The zero-order chi connectivity index (χ0) is 15.3. The average molecular weight is 299 g/mol. The number of ether oxygens (including phenoxy) is 1. The summed E-state index contributed by atoms with van der Waals surface area (Å²) in [7, 11) is 0. The molecule has 0 heterocycles. The van der Waals surface area contributed by atoms with Gasteiger partial charge in [-0.3, -0.25) is 0 Å². The first kappa shape index (κ1) is 15.9. The Balaban J connectivity index is 2.15. The van der Waals surface area contributed by atoms with E-state index in [1.165, 1.54) is 31.4 Å². The van der Waals surface area contributed by atoms with Gasteiger partial charge in [-0.1, -0.05) is 43.0 Å². The third-order valence-corrected chi connectivity index (χ3v) is 3.81. The van der Waals surface area contributed by atoms with Crippen LogP contribution in [0.3, 0.4) is 0 Å². The normalized spacial score (nSPS) is 17.8. The van der Waals surface area contributed by atoms with Gasteiger partial charge in [0.15, 0.2) is 0 Å². The Morgan fingerprint density at radius 1 is 1.24 bits per heavy atom. The van der Waals surface area contributed by atoms with E-state index in [1.807, 2.05) is 6.08 Å². The maximum absolute atomic E-state index is 12.2. The summed E-state index contributed by atoms with van der Waals surface area (Å²) in [6.07, 6.45) is 3.10. The zero-order valence-electron chi connectivity index (χ0n) is 11.8. The molecule has 0 bridgehead atoms. The molecule has 0 spiro atoms. The van der Waals surface area contributed by atoms with E-state index in [0.717, 1.165) is 18.4 Å². The molecule has 21 heavy (non-hydrogen) atoms. The molecule has 1 aliphatic rings. The van der Waals surface area contributed by atoms with Gasteiger partial charge in [0.25, 0.3) is 0 Å². The first-order chi connectivity index (χ1) is 9.98. The van der Waals surface area contributed by atoms with Crippen LogP contribution < -0.4 is 10.5 Å². The van der Waals surface area contributed by atoms with Crippen LogP contribution in [-0.2, 0) is 0 Å². The molecule has 1 aromatic rings. The van der Waals surface area contributed by atoms with Crippen molar-refractivity contribution in [2.45, 2.75) is 38.5 Å². The van der Waals surface area contributed by atoms with Crippen molar-refractivity contribution in [1.82, 2.24) is 0 Å². The molecule has 2 rings (SSSR count). The van der Waals surface area contributed by atoms with Gasteiger partial charge in [0.2, 0.25) is 0 Å². The number of halogens is 3. The highest BCUT2D eigenvalue weighted by molar-refractivity contribution is 5.55. The van der Waals surface area contributed by atoms with E-state index in [9.17, 15) is 13.2 Å². The van der Waals surface area contributed by atoms with Crippen molar-refractivity contribution in [3.05, 3.63) is 35.4 Å². The van der Waals surface area contributed by atoms with Gasteiger partial charge in [-0.2, -0.15) is 0 Å². The van der Waals surface area contributed by atoms with E-state index in [-0.39, 0.29) is 5.75 Å². The van der Waals surface area contributed by atoms with Crippen LogP contribution in [0.2, 0.25) is 0 Å². The monoisotopic (exact) mass is 299 g/mol. The molecule has 0 atom stereocenters. The van der Waals surface area contributed by atoms with Crippen LogP contribution in [0.4, 0.5) is 13.2 Å². The van der Waals surface area contributed by atoms with E-state index < -0.39 is 6.36 Å². The van der Waals surface area contributed by atoms with Crippen molar-refractivity contribution in [2.75, 3.05) is 6.54 Å². The summed E-state index contributed by atoms with van der Waals surface area (Å²) in [5.74, 6) is 0.257. The van der Waals surface area contributed by atoms with E-state index in [0.29, 0.717) is 18.0 Å². The molecule has 1 aliphatic carbocycles. The maximum Gasteiger partial charge on any atom is 0.573 e. The number of nitrogens with two attached hydrogens (primary N) is 1. The Morgan fingerprint density at radius 3 is 2.57 bits per heavy atom. The first-order valence-electron chi connectivity index (χ1n) is 7.24. The van der Waals surface area contributed by atoms with E-state index in [1.54, 1.807) is 12.1 Å². The fraction of sp³-hybridized carbons (Fsp3) is 0.500. The molecule has 1 fully saturated rings. The number of benzene rings is 1. The van der Waals surface area contributed by atoms with Gasteiger partial charge in [0, 0.05) is 6.54 Å². The highest BCUT2D eigenvalue weighted by Gasteiger charge is 2.31. The Hall–Kier alpha value is -1.49. The largest absolute Gasteiger partial charge is 0.573 e. The highest BCUT2D eigenvalue weighted by atomic mass is 19.4. The average Bonchev–Trinajstić information content (AvgIpc) is 2.44. The number of hydrogen-bond donors (Lipinski definition) is 1. The molecule has 116 valence electrons. The van der Waals surface area contributed by atoms with Gasteiger partial charge in [0.1, 0.15) is 5.75 Å². The maximum atomic E-state index is 12.2. The fourth-order valence-electron chi connectivity index (χ4n) is 2.83. The van der Waals surface area contributed by atoms with E-state index >= 15 is 0 Å². The van der Waals surface area contributed by atoms with Crippen molar-refractivity contribution in [3.8, 4) is 5.75 Å². The second kappa shape index (κ2) is 6.98. The second-order valence-electron chi connectivity index (χ2n) is 5.38. The van der Waals surface area contributed by atoms with Gasteiger partial charge >= 0.3 is 6.36 Å². The third-order valence-electron chi connectivity index (χ3n) is 3.81. The van der Waals surface area contributed by atoms with Gasteiger partial charge in [-0.25, -0.2) is 0 Å². The Kier molecular flexibility index (Phi) is 5.28. The molecule has 1 saturated carbocycles. The van der Waals surface area contributed by atoms with Crippen molar-refractivity contribution < 1.29 is 17.9 Å². The molecule has 0 amide bonds. The summed E-state index contributed by atoms with van der Waals surface area (Å²) in [6, 6.07) is 6.02. The van der Waals surface area contributed by atoms with Crippen LogP contribution in [0.5, 0.6) is 5.75 Å². The molecule has 2 nitrogen and oxygen atoms in total. The topological polar surface area (TPSA) is 35.2 Å². The van der Waals surface area contributed by atoms with Crippen LogP contribution in [0.25, 0.3) is 6.08 Å². The minimum absolute atomic E-state index is 0.198. The van der Waals surface area contributed by atoms with Gasteiger partial charge in [-0.05, 0) is 36.5 Å². The molecule has 1 aromatic carbocycles. The van der Waals surface area contributed by atoms with Gasteiger partial charge in [0.05, 0.1) is 0 Å². The third kappa shape index (κ3) is 5.08. The van der Waals surface area contributed by atoms with Crippen LogP contribution in [0.15, 0.2) is 29.8 Å². The number of hydrogen-bond acceptors (Lipinski definition) is 2. The predicted molar refractivity (Wildman–Crippen MR) is 76.7 cm³/mol. The second-order valence-corrected chi connectivity index (χ2v) is 5.38. The molecule has 0 aromatic heterocycles. The lowest BCUT2D eigenvalue weighted by Gasteiger charge is -2.24. The first-order valence-corrected chi connectivity index (χ1v) is 7.24. The van der Waals surface area contributed by atoms with Gasteiger partial charge < -0.3 is 10.5 Å². The Morgan fingerprint density at radius 2 is 1.95 bits per heavy atom. The standard InChI is InChI=1S/C16H20F3NO/c17-16(18,19)21-15-8-4-5-12(10-15)9-14(11-20)13-6-2-1-3-7-13/h4-5,8-10,13H,1-3,6-7,11,20H2/b14-9-. The molecule has 2 N–H and O–H groups in total. The summed E-state index contributed by atoms with van der Waals surface area (Å²) in [5, 5.41) is 0. The predicted octanol–water partition coefficient (Wildman–Crippen LogP) is 4.51. The van der Waals surface area contributed by atoms with Crippen LogP contribution >= 0.6 is 0 Å². The van der Waals surface area contributed by atoms with E-state index in [4.69, 9.17) is 5.73 Å². The van der Waals surface area contributed by atoms with Crippen LogP contribution in [-0.4, -0.2) is 12.9 Å². The summed E-state index contributed by atoms with van der Waals surface area (Å²) < 4.78 is 40.6. The summed E-state index contributed by atoms with van der Waals surface area (Å²) in [5.41, 5.74) is 7.62. The zero-order valence-corrected chi connectivity index (χ0v) is 11.8. The summed E-state index contributed by atoms with van der Waals surface area (Å²) in [6.45, 7) is 0.440. The lowest BCUT2D eigenvalue weighted by molar-refractivity contribution is -0.274. The number of rotatable bonds is 4. The minimum atomic E-state index is -4.66. The van der Waals surface area contributed by atoms with Crippen molar-refractivity contribution in [1.29, 1.82) is 0 Å². The molecular formula is C16H20F3NO. The molecule has 0 aliphatic heterocycles. The van der Waals surface area contributed by atoms with Crippen molar-refractivity contribution >= 4 is 6.08 Å². The van der Waals surface area contributed by atoms with Gasteiger partial charge in [-0.15, -0.1) is 13.2 Å². The molecule has 0 saturated heterocycles. The summed E-state index contributed by atoms with van der Waals surface area (Å²) >= 11 is 0.